The van der Waals surface area contributed by atoms with Gasteiger partial charge >= 0.3 is 0 Å². The summed E-state index contributed by atoms with van der Waals surface area (Å²) >= 11 is 0. The summed E-state index contributed by atoms with van der Waals surface area (Å²) < 4.78 is 0. The van der Waals surface area contributed by atoms with Crippen molar-refractivity contribution in [2.45, 2.75) is 13.8 Å². The van der Waals surface area contributed by atoms with Crippen LogP contribution in [0.4, 0.5) is 0 Å². The molecule has 0 aliphatic rings. The van der Waals surface area contributed by atoms with E-state index in [0.717, 1.165) is 78.1 Å². The van der Waals surface area contributed by atoms with Gasteiger partial charge in [-0.15, -0.1) is 0 Å². The molecule has 0 aliphatic carbocycles. The highest BCUT2D eigenvalue weighted by Gasteiger charge is 2.17. The smallest absolute Gasteiger partial charge is 0.0702 e. The molecular weight excluding hydrogens is 536 g/mol. The van der Waals surface area contributed by atoms with Crippen LogP contribution in [0.5, 0.6) is 0 Å². The highest BCUT2D eigenvalue weighted by Crippen LogP contribution is 2.42. The number of hydrogen-bond acceptors (Lipinski definition) is 4. The third kappa shape index (κ3) is 5.53. The summed E-state index contributed by atoms with van der Waals surface area (Å²) in [5.41, 5.74) is 15.3. The van der Waals surface area contributed by atoms with Gasteiger partial charge in [0.05, 0.1) is 11.4 Å². The van der Waals surface area contributed by atoms with Crippen LogP contribution < -0.4 is 0 Å². The second-order valence-corrected chi connectivity index (χ2v) is 11.0. The van der Waals surface area contributed by atoms with Crippen LogP contribution in [0.2, 0.25) is 0 Å². The molecule has 0 fully saturated rings. The van der Waals surface area contributed by atoms with Crippen molar-refractivity contribution < 1.29 is 0 Å². The third-order valence-corrected chi connectivity index (χ3v) is 7.91. The van der Waals surface area contributed by atoms with Crippen LogP contribution in [0, 0.1) is 13.8 Å². The molecule has 3 aromatic carbocycles. The average molecular weight is 567 g/mol. The van der Waals surface area contributed by atoms with Crippen molar-refractivity contribution in [1.29, 1.82) is 0 Å². The maximum absolute atomic E-state index is 4.63. The number of benzene rings is 3. The summed E-state index contributed by atoms with van der Waals surface area (Å²) in [6.07, 6.45) is 11.3. The van der Waals surface area contributed by atoms with E-state index in [0.29, 0.717) is 0 Å². The van der Waals surface area contributed by atoms with E-state index in [1.807, 2.05) is 49.3 Å². The molecule has 4 nitrogen and oxygen atoms in total. The van der Waals surface area contributed by atoms with Crippen LogP contribution in [-0.4, -0.2) is 19.9 Å². The summed E-state index contributed by atoms with van der Waals surface area (Å²) in [7, 11) is 0. The van der Waals surface area contributed by atoms with Crippen molar-refractivity contribution in [2.75, 3.05) is 0 Å². The SMILES string of the molecule is Cc1ccc(-c2ccc(-c3cc(-c4ccc(-c5ccc(C)cn5)cc4)c(-c4cccnc4)cc3-c3cccnc3)cc2)nc1. The van der Waals surface area contributed by atoms with Gasteiger partial charge in [0.25, 0.3) is 0 Å². The molecule has 0 radical (unpaired) electrons. The minimum Gasteiger partial charge on any atom is -0.264 e. The fraction of sp³-hybridized carbons (Fsp3) is 0.0500. The maximum Gasteiger partial charge on any atom is 0.0702 e. The first kappa shape index (κ1) is 27.1. The van der Waals surface area contributed by atoms with Gasteiger partial charge in [0.15, 0.2) is 0 Å². The van der Waals surface area contributed by atoms with Crippen LogP contribution in [-0.2, 0) is 0 Å². The van der Waals surface area contributed by atoms with Crippen LogP contribution in [0.25, 0.3) is 67.0 Å². The highest BCUT2D eigenvalue weighted by molar-refractivity contribution is 5.95. The average Bonchev–Trinajstić information content (AvgIpc) is 3.09. The zero-order chi connectivity index (χ0) is 29.9. The first-order valence-electron chi connectivity index (χ1n) is 14.7. The Morgan fingerprint density at radius 3 is 1.09 bits per heavy atom. The fourth-order valence-corrected chi connectivity index (χ4v) is 5.52. The Labute approximate surface area is 257 Å². The Morgan fingerprint density at radius 2 is 0.750 bits per heavy atom. The standard InChI is InChI=1S/C40H30N4/c1-27-7-17-39(43-23-27)31-13-9-29(10-14-31)35-21-36(30-11-15-32(16-12-30)40-18-8-28(2)24-44-40)38(34-6-4-20-42-26-34)22-37(35)33-5-3-19-41-25-33/h3-26H,1-2H3. The number of hydrogen-bond donors (Lipinski definition) is 0. The number of nitrogens with zero attached hydrogens (tertiary/aromatic N) is 4. The molecule has 0 N–H and O–H groups in total. The van der Waals surface area contributed by atoms with Crippen LogP contribution in [0.1, 0.15) is 11.1 Å². The molecule has 4 aromatic heterocycles. The molecule has 4 heteroatoms. The maximum atomic E-state index is 4.63. The van der Waals surface area contributed by atoms with E-state index in [9.17, 15) is 0 Å². The lowest BCUT2D eigenvalue weighted by Crippen LogP contribution is -1.93. The van der Waals surface area contributed by atoms with Crippen molar-refractivity contribution in [3.8, 4) is 67.0 Å². The highest BCUT2D eigenvalue weighted by atomic mass is 14.7. The van der Waals surface area contributed by atoms with Gasteiger partial charge < -0.3 is 0 Å². The largest absolute Gasteiger partial charge is 0.264 e. The van der Waals surface area contributed by atoms with Gasteiger partial charge in [0.1, 0.15) is 0 Å². The predicted molar refractivity (Wildman–Crippen MR) is 180 cm³/mol. The Kier molecular flexibility index (Phi) is 7.31. The lowest BCUT2D eigenvalue weighted by Gasteiger charge is -2.18. The number of aryl methyl sites for hydroxylation is 2. The van der Waals surface area contributed by atoms with Crippen LogP contribution in [0.15, 0.2) is 146 Å². The summed E-state index contributed by atoms with van der Waals surface area (Å²) in [6.45, 7) is 4.11. The molecule has 4 heterocycles. The molecule has 0 saturated heterocycles. The quantitative estimate of drug-likeness (QED) is 0.201. The molecule has 0 amide bonds. The topological polar surface area (TPSA) is 51.6 Å². The Bertz CT molecular complexity index is 1870. The number of pyridine rings is 4. The van der Waals surface area contributed by atoms with Crippen LogP contribution >= 0.6 is 0 Å². The van der Waals surface area contributed by atoms with Crippen molar-refractivity contribution in [2.24, 2.45) is 0 Å². The Balaban J connectivity index is 1.40. The monoisotopic (exact) mass is 566 g/mol. The summed E-state index contributed by atoms with van der Waals surface area (Å²) in [4.78, 5) is 18.2. The van der Waals surface area contributed by atoms with E-state index in [1.165, 1.54) is 0 Å². The van der Waals surface area contributed by atoms with Gasteiger partial charge in [-0.25, -0.2) is 0 Å². The molecule has 7 aromatic rings. The van der Waals surface area contributed by atoms with Gasteiger partial charge in [-0.05, 0) is 94.8 Å². The van der Waals surface area contributed by atoms with Gasteiger partial charge in [0.2, 0.25) is 0 Å². The van der Waals surface area contributed by atoms with Gasteiger partial charge in [-0.2, -0.15) is 0 Å². The van der Waals surface area contributed by atoms with Gasteiger partial charge in [0, 0.05) is 59.4 Å². The summed E-state index contributed by atoms with van der Waals surface area (Å²) in [5.74, 6) is 0. The molecule has 0 atom stereocenters. The van der Waals surface area contributed by atoms with Crippen molar-refractivity contribution in [3.63, 3.8) is 0 Å². The van der Waals surface area contributed by atoms with E-state index in [1.54, 1.807) is 0 Å². The molecule has 44 heavy (non-hydrogen) atoms. The van der Waals surface area contributed by atoms with E-state index in [4.69, 9.17) is 0 Å². The minimum absolute atomic E-state index is 0.963. The normalized spacial score (nSPS) is 11.0. The van der Waals surface area contributed by atoms with Crippen molar-refractivity contribution >= 4 is 0 Å². The summed E-state index contributed by atoms with van der Waals surface area (Å²) in [5, 5.41) is 0. The second kappa shape index (κ2) is 11.9. The summed E-state index contributed by atoms with van der Waals surface area (Å²) in [6, 6.07) is 38.5. The van der Waals surface area contributed by atoms with Crippen molar-refractivity contribution in [3.05, 3.63) is 158 Å². The first-order valence-corrected chi connectivity index (χ1v) is 14.7. The molecule has 210 valence electrons. The Morgan fingerprint density at radius 1 is 0.364 bits per heavy atom. The molecular formula is C40H30N4. The van der Waals surface area contributed by atoms with E-state index in [-0.39, 0.29) is 0 Å². The zero-order valence-electron chi connectivity index (χ0n) is 24.6. The molecule has 0 saturated carbocycles. The Hall–Kier alpha value is -5.74. The second-order valence-electron chi connectivity index (χ2n) is 11.0. The van der Waals surface area contributed by atoms with E-state index < -0.39 is 0 Å². The van der Waals surface area contributed by atoms with Gasteiger partial charge in [-0.3, -0.25) is 19.9 Å². The van der Waals surface area contributed by atoms with Gasteiger partial charge in [-0.1, -0.05) is 72.8 Å². The van der Waals surface area contributed by atoms with E-state index in [2.05, 4.69) is 131 Å². The molecule has 7 rings (SSSR count). The van der Waals surface area contributed by atoms with Crippen LogP contribution in [0.3, 0.4) is 0 Å². The molecule has 0 unspecified atom stereocenters. The molecule has 0 bridgehead atoms. The fourth-order valence-electron chi connectivity index (χ4n) is 5.52. The minimum atomic E-state index is 0.963. The lowest BCUT2D eigenvalue weighted by atomic mass is 9.86. The number of aromatic nitrogens is 4. The zero-order valence-corrected chi connectivity index (χ0v) is 24.6. The van der Waals surface area contributed by atoms with Crippen molar-refractivity contribution in [1.82, 2.24) is 19.9 Å². The predicted octanol–water partition coefficient (Wildman–Crippen LogP) is 9.89. The number of rotatable bonds is 6. The first-order chi connectivity index (χ1) is 21.6. The molecule has 0 spiro atoms. The lowest BCUT2D eigenvalue weighted by molar-refractivity contribution is 1.27. The third-order valence-electron chi connectivity index (χ3n) is 7.91. The van der Waals surface area contributed by atoms with E-state index >= 15 is 0 Å². The molecule has 0 aliphatic heterocycles.